The van der Waals surface area contributed by atoms with Crippen molar-refractivity contribution in [2.24, 2.45) is 0 Å². The van der Waals surface area contributed by atoms with Crippen LogP contribution >= 0.6 is 0 Å². The third kappa shape index (κ3) is 7.51. The van der Waals surface area contributed by atoms with E-state index in [1.807, 2.05) is 36.4 Å². The molecule has 5 aromatic rings. The molecule has 0 unspecified atom stereocenters. The average Bonchev–Trinajstić information content (AvgIpc) is 3.40. The highest BCUT2D eigenvalue weighted by Crippen LogP contribution is 2.33. The number of ketones is 1. The predicted molar refractivity (Wildman–Crippen MR) is 182 cm³/mol. The molecular formula is C36H36N4O4Si. The van der Waals surface area contributed by atoms with Crippen molar-refractivity contribution in [3.63, 3.8) is 0 Å². The molecule has 0 radical (unpaired) electrons. The van der Waals surface area contributed by atoms with E-state index in [4.69, 9.17) is 9.84 Å². The molecule has 1 aromatic heterocycles. The van der Waals surface area contributed by atoms with Gasteiger partial charge in [0.2, 0.25) is 6.41 Å². The monoisotopic (exact) mass is 616 g/mol. The number of anilines is 2. The van der Waals surface area contributed by atoms with Crippen LogP contribution in [-0.2, 0) is 16.3 Å². The summed E-state index contributed by atoms with van der Waals surface area (Å²) < 4.78 is 7.81. The van der Waals surface area contributed by atoms with Gasteiger partial charge < -0.3 is 15.4 Å². The van der Waals surface area contributed by atoms with Crippen molar-refractivity contribution in [2.75, 3.05) is 17.2 Å². The number of aromatic nitrogens is 2. The fourth-order valence-electron chi connectivity index (χ4n) is 4.93. The maximum atomic E-state index is 13.7. The molecule has 0 aliphatic rings. The lowest BCUT2D eigenvalue weighted by molar-refractivity contribution is -0.105. The summed E-state index contributed by atoms with van der Waals surface area (Å²) in [6.07, 6.45) is 0.634. The Labute approximate surface area is 263 Å². The Hall–Kier alpha value is -5.12. The van der Waals surface area contributed by atoms with E-state index in [1.165, 1.54) is 0 Å². The third-order valence-electron chi connectivity index (χ3n) is 7.39. The topological polar surface area (TPSA) is 102 Å². The fraction of sp³-hybridized carbons (Fsp3) is 0.167. The number of amides is 2. The number of fused-ring (bicyclic) bond motifs is 1. The van der Waals surface area contributed by atoms with Crippen molar-refractivity contribution in [1.82, 2.24) is 9.78 Å². The summed E-state index contributed by atoms with van der Waals surface area (Å²) in [5, 5.41) is 11.3. The molecule has 0 bridgehead atoms. The minimum Gasteiger partial charge on any atom is -0.360 e. The molecule has 2 N–H and O–H groups in total. The normalized spacial score (nSPS) is 11.3. The zero-order chi connectivity index (χ0) is 32.0. The number of carbonyl (C=O) groups excluding carboxylic acids is 3. The molecule has 2 amide bonds. The smallest absolute Gasteiger partial charge is 0.255 e. The standard InChI is InChI=1S/C36H36N4O4Si/c1-25(30-15-8-9-16-32(30)37-23-41)34-31-18-17-28(22-33(31)40(39-34)24-44-19-20-45(2,3)4)35(42)27-13-10-14-29(21-27)38-36(43)26-11-6-5-7-12-26/h5-18,21-23H,1,19-20,24H2,2-4H3,(H,37,41)(H,38,43). The van der Waals surface area contributed by atoms with Gasteiger partial charge in [-0.1, -0.05) is 80.8 Å². The van der Waals surface area contributed by atoms with Crippen LogP contribution in [0.15, 0.2) is 104 Å². The Morgan fingerprint density at radius 1 is 0.889 bits per heavy atom. The van der Waals surface area contributed by atoms with Crippen molar-refractivity contribution in [3.8, 4) is 0 Å². The van der Waals surface area contributed by atoms with Crippen LogP contribution in [0.5, 0.6) is 0 Å². The molecule has 228 valence electrons. The van der Waals surface area contributed by atoms with Gasteiger partial charge in [-0.25, -0.2) is 4.68 Å². The SMILES string of the molecule is C=C(c1ccccc1NC=O)c1nn(COCC[Si](C)(C)C)c2cc(C(=O)c3cccc(NC(=O)c4ccccc4)c3)ccc12. The zero-order valence-electron chi connectivity index (χ0n) is 25.7. The first-order valence-corrected chi connectivity index (χ1v) is 18.4. The van der Waals surface area contributed by atoms with Crippen LogP contribution in [0.3, 0.4) is 0 Å². The van der Waals surface area contributed by atoms with Crippen molar-refractivity contribution in [3.05, 3.63) is 132 Å². The Bertz CT molecular complexity index is 1880. The summed E-state index contributed by atoms with van der Waals surface area (Å²) >= 11 is 0. The van der Waals surface area contributed by atoms with Crippen LogP contribution < -0.4 is 10.6 Å². The quantitative estimate of drug-likeness (QED) is 0.0619. The molecule has 0 saturated carbocycles. The molecule has 45 heavy (non-hydrogen) atoms. The number of hydrogen-bond acceptors (Lipinski definition) is 5. The van der Waals surface area contributed by atoms with Crippen LogP contribution in [0.2, 0.25) is 25.7 Å². The highest BCUT2D eigenvalue weighted by molar-refractivity contribution is 6.76. The number of nitrogens with one attached hydrogen (secondary N) is 2. The van der Waals surface area contributed by atoms with Gasteiger partial charge in [0.15, 0.2) is 5.78 Å². The zero-order valence-corrected chi connectivity index (χ0v) is 26.7. The lowest BCUT2D eigenvalue weighted by Crippen LogP contribution is -2.22. The van der Waals surface area contributed by atoms with E-state index in [2.05, 4.69) is 36.9 Å². The number of hydrogen-bond donors (Lipinski definition) is 2. The highest BCUT2D eigenvalue weighted by Gasteiger charge is 2.20. The predicted octanol–water partition coefficient (Wildman–Crippen LogP) is 7.46. The molecule has 0 atom stereocenters. The van der Waals surface area contributed by atoms with Gasteiger partial charge >= 0.3 is 0 Å². The molecule has 8 nitrogen and oxygen atoms in total. The molecule has 0 spiro atoms. The maximum absolute atomic E-state index is 13.7. The fourth-order valence-corrected chi connectivity index (χ4v) is 5.68. The van der Waals surface area contributed by atoms with Crippen molar-refractivity contribution >= 4 is 54.0 Å². The first kappa shape index (κ1) is 31.3. The third-order valence-corrected chi connectivity index (χ3v) is 9.10. The van der Waals surface area contributed by atoms with E-state index < -0.39 is 8.07 Å². The van der Waals surface area contributed by atoms with Gasteiger partial charge in [0.25, 0.3) is 5.91 Å². The maximum Gasteiger partial charge on any atom is 0.255 e. The van der Waals surface area contributed by atoms with Gasteiger partial charge in [0, 0.05) is 59.3 Å². The number of para-hydroxylation sites is 1. The van der Waals surface area contributed by atoms with Crippen LogP contribution in [0.25, 0.3) is 16.5 Å². The minimum atomic E-state index is -1.29. The van der Waals surface area contributed by atoms with E-state index in [0.717, 1.165) is 22.5 Å². The van der Waals surface area contributed by atoms with Crippen molar-refractivity contribution in [1.29, 1.82) is 0 Å². The molecule has 5 rings (SSSR count). The largest absolute Gasteiger partial charge is 0.360 e. The summed E-state index contributed by atoms with van der Waals surface area (Å²) in [6.45, 7) is 12.0. The molecule has 0 aliphatic heterocycles. The summed E-state index contributed by atoms with van der Waals surface area (Å²) in [4.78, 5) is 37.7. The summed E-state index contributed by atoms with van der Waals surface area (Å²) in [5.74, 6) is -0.446. The van der Waals surface area contributed by atoms with Crippen molar-refractivity contribution < 1.29 is 19.1 Å². The molecule has 0 aliphatic carbocycles. The van der Waals surface area contributed by atoms with Crippen LogP contribution in [-0.4, -0.2) is 42.6 Å². The molecule has 9 heteroatoms. The second-order valence-electron chi connectivity index (χ2n) is 11.9. The number of rotatable bonds is 13. The van der Waals surface area contributed by atoms with E-state index in [0.29, 0.717) is 52.3 Å². The van der Waals surface area contributed by atoms with Crippen LogP contribution in [0.1, 0.15) is 37.5 Å². The second-order valence-corrected chi connectivity index (χ2v) is 17.6. The Morgan fingerprint density at radius 2 is 1.60 bits per heavy atom. The van der Waals surface area contributed by atoms with Crippen molar-refractivity contribution in [2.45, 2.75) is 32.4 Å². The van der Waals surface area contributed by atoms with E-state index >= 15 is 0 Å². The number of nitrogens with zero attached hydrogens (tertiary/aromatic N) is 2. The van der Waals surface area contributed by atoms with Gasteiger partial charge in [-0.2, -0.15) is 5.10 Å². The first-order valence-electron chi connectivity index (χ1n) is 14.7. The van der Waals surface area contributed by atoms with E-state index in [9.17, 15) is 14.4 Å². The Balaban J connectivity index is 1.47. The summed E-state index contributed by atoms with van der Waals surface area (Å²) in [5.41, 5.74) is 5.31. The number of carbonyl (C=O) groups is 3. The second kappa shape index (κ2) is 13.7. The molecule has 1 heterocycles. The lowest BCUT2D eigenvalue weighted by Gasteiger charge is -2.15. The molecule has 0 fully saturated rings. The van der Waals surface area contributed by atoms with Gasteiger partial charge in [0.05, 0.1) is 5.52 Å². The van der Waals surface area contributed by atoms with Gasteiger partial charge in [-0.05, 0) is 48.5 Å². The lowest BCUT2D eigenvalue weighted by atomic mass is 9.97. The summed E-state index contributed by atoms with van der Waals surface area (Å²) in [6, 6.07) is 29.7. The van der Waals surface area contributed by atoms with E-state index in [-0.39, 0.29) is 18.4 Å². The minimum absolute atomic E-state index is 0.194. The average molecular weight is 617 g/mol. The molecular weight excluding hydrogens is 581 g/mol. The van der Waals surface area contributed by atoms with E-state index in [1.54, 1.807) is 65.3 Å². The number of ether oxygens (including phenoxy) is 1. The highest BCUT2D eigenvalue weighted by atomic mass is 28.3. The van der Waals surface area contributed by atoms with Crippen LogP contribution in [0.4, 0.5) is 11.4 Å². The Morgan fingerprint density at radius 3 is 2.36 bits per heavy atom. The Kier molecular flexibility index (Phi) is 9.51. The summed E-state index contributed by atoms with van der Waals surface area (Å²) in [7, 11) is -1.29. The number of benzene rings is 4. The van der Waals surface area contributed by atoms with Gasteiger partial charge in [0.1, 0.15) is 12.4 Å². The van der Waals surface area contributed by atoms with Crippen LogP contribution in [0, 0.1) is 0 Å². The molecule has 0 saturated heterocycles. The first-order chi connectivity index (χ1) is 21.6. The molecule has 4 aromatic carbocycles. The van der Waals surface area contributed by atoms with Gasteiger partial charge in [-0.3, -0.25) is 14.4 Å². The van der Waals surface area contributed by atoms with Gasteiger partial charge in [-0.15, -0.1) is 0 Å².